The molecule has 112 valence electrons. The number of rotatable bonds is 5. The Kier molecular flexibility index (Phi) is 5.38. The highest BCUT2D eigenvalue weighted by Crippen LogP contribution is 2.33. The quantitative estimate of drug-likeness (QED) is 0.872. The van der Waals surface area contributed by atoms with Crippen LogP contribution >= 0.6 is 0 Å². The van der Waals surface area contributed by atoms with Crippen molar-refractivity contribution in [3.8, 4) is 0 Å². The highest BCUT2D eigenvalue weighted by Gasteiger charge is 2.25. The predicted molar refractivity (Wildman–Crippen MR) is 78.3 cm³/mol. The fraction of sp³-hybridized carbons (Fsp3) is 0.625. The number of nitrogens with zero attached hydrogens (tertiary/aromatic N) is 1. The van der Waals surface area contributed by atoms with Crippen LogP contribution in [0.4, 0.5) is 10.1 Å². The fourth-order valence-corrected chi connectivity index (χ4v) is 3.19. The van der Waals surface area contributed by atoms with Crippen molar-refractivity contribution in [1.82, 2.24) is 0 Å². The van der Waals surface area contributed by atoms with Gasteiger partial charge < -0.3 is 15.1 Å². The van der Waals surface area contributed by atoms with E-state index in [1.165, 1.54) is 25.3 Å². The number of halogens is 1. The van der Waals surface area contributed by atoms with Gasteiger partial charge in [-0.1, -0.05) is 25.3 Å². The van der Waals surface area contributed by atoms with Crippen LogP contribution in [0.5, 0.6) is 0 Å². The van der Waals surface area contributed by atoms with Crippen molar-refractivity contribution < 1.29 is 14.6 Å². The Morgan fingerprint density at radius 2 is 2.00 bits per heavy atom. The largest absolute Gasteiger partial charge is 0.395 e. The molecule has 4 heteroatoms. The highest BCUT2D eigenvalue weighted by atomic mass is 19.1. The van der Waals surface area contributed by atoms with Gasteiger partial charge in [-0.25, -0.2) is 4.39 Å². The molecule has 1 saturated carbocycles. The van der Waals surface area contributed by atoms with E-state index in [1.807, 2.05) is 6.07 Å². The van der Waals surface area contributed by atoms with Crippen LogP contribution in [-0.4, -0.2) is 29.4 Å². The Balaban J connectivity index is 2.35. The van der Waals surface area contributed by atoms with Crippen molar-refractivity contribution >= 4 is 5.69 Å². The second kappa shape index (κ2) is 7.04. The van der Waals surface area contributed by atoms with Crippen LogP contribution in [0.25, 0.3) is 0 Å². The monoisotopic (exact) mass is 281 g/mol. The summed E-state index contributed by atoms with van der Waals surface area (Å²) in [6, 6.07) is 5.22. The van der Waals surface area contributed by atoms with E-state index in [-0.39, 0.29) is 12.4 Å². The van der Waals surface area contributed by atoms with Crippen LogP contribution in [0.2, 0.25) is 0 Å². The van der Waals surface area contributed by atoms with E-state index >= 15 is 0 Å². The summed E-state index contributed by atoms with van der Waals surface area (Å²) in [4.78, 5) is 2.07. The molecule has 0 spiro atoms. The summed E-state index contributed by atoms with van der Waals surface area (Å²) < 4.78 is 14.0. The summed E-state index contributed by atoms with van der Waals surface area (Å²) in [5, 5.41) is 19.2. The van der Waals surface area contributed by atoms with Crippen molar-refractivity contribution in [3.63, 3.8) is 0 Å². The summed E-state index contributed by atoms with van der Waals surface area (Å²) >= 11 is 0. The number of benzene rings is 1. The Labute approximate surface area is 120 Å². The van der Waals surface area contributed by atoms with Crippen LogP contribution in [0.1, 0.15) is 50.7 Å². The third kappa shape index (κ3) is 3.30. The summed E-state index contributed by atoms with van der Waals surface area (Å²) in [6.45, 7) is 2.10. The Hall–Kier alpha value is -1.13. The van der Waals surface area contributed by atoms with Crippen LogP contribution in [0.15, 0.2) is 18.2 Å². The molecule has 0 bridgehead atoms. The zero-order valence-corrected chi connectivity index (χ0v) is 12.1. The number of aliphatic hydroxyl groups is 2. The standard InChI is InChI=1S/C16H24FNO2/c1-12(20)16-14(17)8-5-9-15(16)18(10-11-19)13-6-3-2-4-7-13/h5,8-9,12-13,19-20H,2-4,6-7,10-11H2,1H3. The van der Waals surface area contributed by atoms with Gasteiger partial charge in [0.15, 0.2) is 0 Å². The molecular formula is C16H24FNO2. The first kappa shape index (κ1) is 15.3. The Bertz CT molecular complexity index is 430. The minimum absolute atomic E-state index is 0.0340. The van der Waals surface area contributed by atoms with Gasteiger partial charge in [0.25, 0.3) is 0 Å². The number of hydrogen-bond acceptors (Lipinski definition) is 3. The summed E-state index contributed by atoms with van der Waals surface area (Å²) in [6.07, 6.45) is 4.87. The molecule has 0 aromatic heterocycles. The third-order valence-corrected chi connectivity index (χ3v) is 4.11. The van der Waals surface area contributed by atoms with E-state index in [4.69, 9.17) is 0 Å². The molecule has 0 heterocycles. The molecule has 0 radical (unpaired) electrons. The van der Waals surface area contributed by atoms with E-state index in [0.29, 0.717) is 18.2 Å². The average molecular weight is 281 g/mol. The second-order valence-corrected chi connectivity index (χ2v) is 5.56. The molecule has 0 amide bonds. The van der Waals surface area contributed by atoms with E-state index < -0.39 is 6.10 Å². The fourth-order valence-electron chi connectivity index (χ4n) is 3.19. The van der Waals surface area contributed by atoms with Gasteiger partial charge in [-0.2, -0.15) is 0 Å². The molecule has 1 aromatic rings. The van der Waals surface area contributed by atoms with Crippen molar-refractivity contribution in [1.29, 1.82) is 0 Å². The van der Waals surface area contributed by atoms with Crippen molar-refractivity contribution in [2.45, 2.75) is 51.2 Å². The molecule has 20 heavy (non-hydrogen) atoms. The molecular weight excluding hydrogens is 257 g/mol. The van der Waals surface area contributed by atoms with E-state index in [9.17, 15) is 14.6 Å². The predicted octanol–water partition coefficient (Wildman–Crippen LogP) is 3.01. The molecule has 1 aromatic carbocycles. The molecule has 1 atom stereocenters. The van der Waals surface area contributed by atoms with Gasteiger partial charge in [0.2, 0.25) is 0 Å². The SMILES string of the molecule is CC(O)c1c(F)cccc1N(CCO)C1CCCCC1. The summed E-state index contributed by atoms with van der Waals surface area (Å²) in [5.41, 5.74) is 1.06. The maximum atomic E-state index is 14.0. The lowest BCUT2D eigenvalue weighted by Gasteiger charge is -2.37. The Morgan fingerprint density at radius 3 is 2.60 bits per heavy atom. The maximum Gasteiger partial charge on any atom is 0.131 e. The highest BCUT2D eigenvalue weighted by molar-refractivity contribution is 5.56. The van der Waals surface area contributed by atoms with E-state index in [1.54, 1.807) is 13.0 Å². The van der Waals surface area contributed by atoms with Crippen LogP contribution in [-0.2, 0) is 0 Å². The molecule has 1 unspecified atom stereocenters. The summed E-state index contributed by atoms with van der Waals surface area (Å²) in [5.74, 6) is -0.378. The van der Waals surface area contributed by atoms with Crippen molar-refractivity contribution in [3.05, 3.63) is 29.6 Å². The first-order valence-electron chi connectivity index (χ1n) is 7.49. The first-order valence-corrected chi connectivity index (χ1v) is 7.49. The van der Waals surface area contributed by atoms with Gasteiger partial charge in [-0.15, -0.1) is 0 Å². The average Bonchev–Trinajstić information content (AvgIpc) is 2.45. The van der Waals surface area contributed by atoms with Gasteiger partial charge in [-0.05, 0) is 31.9 Å². The number of aliphatic hydroxyl groups excluding tert-OH is 2. The van der Waals surface area contributed by atoms with Crippen LogP contribution in [0, 0.1) is 5.82 Å². The molecule has 0 aliphatic heterocycles. The van der Waals surface area contributed by atoms with Gasteiger partial charge in [0.05, 0.1) is 12.7 Å². The molecule has 2 N–H and O–H groups in total. The first-order chi connectivity index (χ1) is 9.65. The van der Waals surface area contributed by atoms with Crippen LogP contribution in [0.3, 0.4) is 0 Å². The lowest BCUT2D eigenvalue weighted by Crippen LogP contribution is -2.39. The molecule has 2 rings (SSSR count). The van der Waals surface area contributed by atoms with Gasteiger partial charge >= 0.3 is 0 Å². The molecule has 3 nitrogen and oxygen atoms in total. The van der Waals surface area contributed by atoms with Crippen LogP contribution < -0.4 is 4.90 Å². The van der Waals surface area contributed by atoms with Crippen molar-refractivity contribution in [2.75, 3.05) is 18.1 Å². The minimum atomic E-state index is -0.851. The molecule has 0 saturated heterocycles. The number of hydrogen-bond donors (Lipinski definition) is 2. The normalized spacial score (nSPS) is 18.0. The lowest BCUT2D eigenvalue weighted by atomic mass is 9.93. The molecule has 1 aliphatic carbocycles. The smallest absolute Gasteiger partial charge is 0.131 e. The van der Waals surface area contributed by atoms with Gasteiger partial charge in [0.1, 0.15) is 5.82 Å². The summed E-state index contributed by atoms with van der Waals surface area (Å²) in [7, 11) is 0. The maximum absolute atomic E-state index is 14.0. The second-order valence-electron chi connectivity index (χ2n) is 5.56. The lowest BCUT2D eigenvalue weighted by molar-refractivity contribution is 0.194. The zero-order chi connectivity index (χ0) is 14.5. The third-order valence-electron chi connectivity index (χ3n) is 4.11. The van der Waals surface area contributed by atoms with E-state index in [0.717, 1.165) is 18.5 Å². The van der Waals surface area contributed by atoms with Crippen molar-refractivity contribution in [2.24, 2.45) is 0 Å². The Morgan fingerprint density at radius 1 is 1.30 bits per heavy atom. The minimum Gasteiger partial charge on any atom is -0.395 e. The van der Waals surface area contributed by atoms with Gasteiger partial charge in [-0.3, -0.25) is 0 Å². The van der Waals surface area contributed by atoms with Gasteiger partial charge in [0, 0.05) is 23.8 Å². The zero-order valence-electron chi connectivity index (χ0n) is 12.1. The number of anilines is 1. The topological polar surface area (TPSA) is 43.7 Å². The molecule has 1 fully saturated rings. The molecule has 1 aliphatic rings. The van der Waals surface area contributed by atoms with E-state index in [2.05, 4.69) is 4.90 Å².